The number of fused-ring (bicyclic) bond motifs is 2. The fourth-order valence-corrected chi connectivity index (χ4v) is 5.71. The van der Waals surface area contributed by atoms with Crippen molar-refractivity contribution in [1.82, 2.24) is 20.4 Å². The van der Waals surface area contributed by atoms with Crippen molar-refractivity contribution in [3.8, 4) is 0 Å². The molecule has 2 aromatic rings. The molecule has 16 nitrogen and oxygen atoms in total. The Kier molecular flexibility index (Phi) is 13.1. The van der Waals surface area contributed by atoms with Crippen molar-refractivity contribution in [2.45, 2.75) is 49.6 Å². The summed E-state index contributed by atoms with van der Waals surface area (Å²) in [6.45, 7) is -3.88. The average Bonchev–Trinajstić information content (AvgIpc) is 3.50. The first-order valence-electron chi connectivity index (χ1n) is 16.1. The van der Waals surface area contributed by atoms with Gasteiger partial charge in [-0.2, -0.15) is 52.7 Å². The Hall–Kier alpha value is -6.90. The van der Waals surface area contributed by atoms with Crippen molar-refractivity contribution < 1.29 is 91.1 Å². The first-order valence-corrected chi connectivity index (χ1v) is 16.1. The molecule has 6 N–H and O–H groups in total. The highest BCUT2D eigenvalue weighted by Crippen LogP contribution is 2.42. The predicted octanol–water partition coefficient (Wildman–Crippen LogP) is 3.66. The van der Waals surface area contributed by atoms with Crippen molar-refractivity contribution >= 4 is 47.5 Å². The smallest absolute Gasteiger partial charge is 0.367 e. The summed E-state index contributed by atoms with van der Waals surface area (Å²) in [6.07, 6.45) is -21.5. The van der Waals surface area contributed by atoms with E-state index in [4.69, 9.17) is 11.5 Å². The van der Waals surface area contributed by atoms with Crippen molar-refractivity contribution in [3.63, 3.8) is 0 Å². The van der Waals surface area contributed by atoms with Gasteiger partial charge in [-0.05, 0) is 57.8 Å². The lowest BCUT2D eigenvalue weighted by Gasteiger charge is -2.26. The first kappa shape index (κ1) is 45.8. The quantitative estimate of drug-likeness (QED) is 0.0677. The van der Waals surface area contributed by atoms with Crippen LogP contribution in [0.1, 0.15) is 67.9 Å². The van der Waals surface area contributed by atoms with Gasteiger partial charge in [-0.25, -0.2) is 9.59 Å². The number of rotatable bonds is 10. The minimum atomic E-state index is -5.03. The number of halogens is 12. The first-order chi connectivity index (χ1) is 27.5. The molecule has 60 heavy (non-hydrogen) atoms. The standard InChI is InChI=1S/C32H24F12N8O8/c33-29(34,35)11-51-19(17-7-13(31(39,40)41)1-3-15(17)25(51)57)9-21(53)47-27(45)49-59-23(55)5-6-24(56)60-50-28(46)48-22(54)10-20-18-8-14(32(42,43)44)2-4-16(18)26(58)52(20)12-30(36,37)38/h1-8,19-20H,9-12H2,(H3,45,47,49,53)(H3,46,48,50,54)/b6-5+. The van der Waals surface area contributed by atoms with Crippen LogP contribution in [0.15, 0.2) is 58.9 Å². The molecule has 2 heterocycles. The lowest BCUT2D eigenvalue weighted by molar-refractivity contribution is -0.146. The normalized spacial score (nSPS) is 17.5. The van der Waals surface area contributed by atoms with E-state index < -0.39 is 144 Å². The molecule has 0 saturated carbocycles. The lowest BCUT2D eigenvalue weighted by Crippen LogP contribution is -2.41. The van der Waals surface area contributed by atoms with Crippen LogP contribution < -0.4 is 22.1 Å². The van der Waals surface area contributed by atoms with Crippen molar-refractivity contribution in [2.75, 3.05) is 13.1 Å². The number of oxime groups is 2. The van der Waals surface area contributed by atoms with Gasteiger partial charge in [0.2, 0.25) is 23.7 Å². The van der Waals surface area contributed by atoms with Crippen LogP contribution in [-0.2, 0) is 41.2 Å². The van der Waals surface area contributed by atoms with E-state index in [2.05, 4.69) is 20.0 Å². The fourth-order valence-electron chi connectivity index (χ4n) is 5.71. The maximum Gasteiger partial charge on any atom is 0.416 e. The molecule has 0 fully saturated rings. The molecule has 4 amide bonds. The second kappa shape index (κ2) is 17.1. The maximum absolute atomic E-state index is 13.3. The van der Waals surface area contributed by atoms with E-state index in [-0.39, 0.29) is 9.80 Å². The SMILES string of the molecule is NC(=NOC(=O)/C=C/C(=O)ON=C(N)NC(=O)CC1c2cc(C(F)(F)F)ccc2C(=O)N1CC(F)(F)F)NC(=O)CC1c2cc(C(F)(F)F)ccc2C(=O)N1CC(F)(F)F. The van der Waals surface area contributed by atoms with E-state index in [0.717, 1.165) is 0 Å². The number of hydrogen-bond donors (Lipinski definition) is 4. The minimum absolute atomic E-state index is 0.125. The predicted molar refractivity (Wildman–Crippen MR) is 173 cm³/mol. The molecule has 2 aromatic carbocycles. The second-order valence-electron chi connectivity index (χ2n) is 12.3. The van der Waals surface area contributed by atoms with Gasteiger partial charge in [-0.3, -0.25) is 29.8 Å². The van der Waals surface area contributed by atoms with Crippen LogP contribution in [0.25, 0.3) is 0 Å². The monoisotopic (exact) mass is 876 g/mol. The second-order valence-corrected chi connectivity index (χ2v) is 12.3. The van der Waals surface area contributed by atoms with Crippen LogP contribution in [-0.4, -0.2) is 82.7 Å². The summed E-state index contributed by atoms with van der Waals surface area (Å²) in [5, 5.41) is 9.49. The number of nitrogens with two attached hydrogens (primary N) is 2. The van der Waals surface area contributed by atoms with Crippen LogP contribution in [0, 0.1) is 0 Å². The molecule has 2 aliphatic heterocycles. The Morgan fingerprint density at radius 3 is 1.25 bits per heavy atom. The Morgan fingerprint density at radius 2 is 0.950 bits per heavy atom. The summed E-state index contributed by atoms with van der Waals surface area (Å²) < 4.78 is 159. The van der Waals surface area contributed by atoms with E-state index in [1.54, 1.807) is 10.6 Å². The molecule has 0 spiro atoms. The Morgan fingerprint density at radius 1 is 0.617 bits per heavy atom. The molecule has 0 aromatic heterocycles. The van der Waals surface area contributed by atoms with E-state index >= 15 is 0 Å². The van der Waals surface area contributed by atoms with Gasteiger partial charge in [-0.15, -0.1) is 0 Å². The topological polar surface area (TPSA) is 228 Å². The average molecular weight is 877 g/mol. The summed E-state index contributed by atoms with van der Waals surface area (Å²) >= 11 is 0. The summed E-state index contributed by atoms with van der Waals surface area (Å²) in [6, 6.07) is -0.640. The third-order valence-corrected chi connectivity index (χ3v) is 8.03. The lowest BCUT2D eigenvalue weighted by atomic mass is 9.99. The van der Waals surface area contributed by atoms with E-state index in [9.17, 15) is 81.5 Å². The van der Waals surface area contributed by atoms with Crippen LogP contribution in [0.4, 0.5) is 52.7 Å². The Balaban J connectivity index is 1.32. The van der Waals surface area contributed by atoms with Gasteiger partial charge in [0.05, 0.1) is 36.1 Å². The number of carbonyl (C=O) groups is 6. The zero-order chi connectivity index (χ0) is 45.1. The number of amides is 4. The number of hydrogen-bond acceptors (Lipinski definition) is 10. The summed E-state index contributed by atoms with van der Waals surface area (Å²) in [5.74, 6) is -10.4. The highest BCUT2D eigenvalue weighted by Gasteiger charge is 2.47. The van der Waals surface area contributed by atoms with Gasteiger partial charge in [0.25, 0.3) is 11.8 Å². The number of carbonyl (C=O) groups excluding carboxylic acids is 6. The van der Waals surface area contributed by atoms with E-state index in [1.807, 2.05) is 0 Å². The zero-order valence-electron chi connectivity index (χ0n) is 29.3. The van der Waals surface area contributed by atoms with Crippen LogP contribution in [0.2, 0.25) is 0 Å². The van der Waals surface area contributed by atoms with Crippen molar-refractivity contribution in [2.24, 2.45) is 21.8 Å². The zero-order valence-corrected chi connectivity index (χ0v) is 29.3. The number of benzene rings is 2. The van der Waals surface area contributed by atoms with Gasteiger partial charge in [0, 0.05) is 23.3 Å². The molecule has 2 unspecified atom stereocenters. The third kappa shape index (κ3) is 11.8. The highest BCUT2D eigenvalue weighted by atomic mass is 19.4. The Bertz CT molecular complexity index is 2020. The number of nitrogens with one attached hydrogen (secondary N) is 2. The number of guanidine groups is 2. The van der Waals surface area contributed by atoms with Gasteiger partial charge >= 0.3 is 36.6 Å². The minimum Gasteiger partial charge on any atom is -0.367 e. The molecular formula is C32H24F12N8O8. The molecular weight excluding hydrogens is 852 g/mol. The molecule has 28 heteroatoms. The third-order valence-electron chi connectivity index (χ3n) is 8.03. The van der Waals surface area contributed by atoms with Crippen LogP contribution in [0.3, 0.4) is 0 Å². The van der Waals surface area contributed by atoms with Crippen LogP contribution in [0.5, 0.6) is 0 Å². The summed E-state index contributed by atoms with van der Waals surface area (Å²) in [5.41, 5.74) is 6.00. The van der Waals surface area contributed by atoms with Gasteiger partial charge in [-0.1, -0.05) is 0 Å². The molecule has 0 bridgehead atoms. The van der Waals surface area contributed by atoms with Gasteiger partial charge in [0.15, 0.2) is 0 Å². The highest BCUT2D eigenvalue weighted by molar-refractivity contribution is 6.03. The van der Waals surface area contributed by atoms with E-state index in [0.29, 0.717) is 48.6 Å². The number of nitrogens with zero attached hydrogens (tertiary/aromatic N) is 4. The maximum atomic E-state index is 13.3. The molecule has 0 radical (unpaired) electrons. The molecule has 0 aliphatic carbocycles. The van der Waals surface area contributed by atoms with Crippen molar-refractivity contribution in [3.05, 3.63) is 81.9 Å². The van der Waals surface area contributed by atoms with E-state index in [1.165, 1.54) is 0 Å². The molecule has 324 valence electrons. The molecule has 0 saturated heterocycles. The molecule has 2 aliphatic rings. The fraction of sp³-hybridized carbons (Fsp3) is 0.312. The van der Waals surface area contributed by atoms with Gasteiger partial charge < -0.3 is 30.9 Å². The van der Waals surface area contributed by atoms with Gasteiger partial charge in [0.1, 0.15) is 13.1 Å². The summed E-state index contributed by atoms with van der Waals surface area (Å²) in [7, 11) is 0. The molecule has 2 atom stereocenters. The molecule has 4 rings (SSSR count). The number of alkyl halides is 12. The summed E-state index contributed by atoms with van der Waals surface area (Å²) in [4.78, 5) is 82.9. The Labute approximate surface area is 325 Å². The van der Waals surface area contributed by atoms with Crippen molar-refractivity contribution in [1.29, 1.82) is 0 Å². The largest absolute Gasteiger partial charge is 0.416 e. The van der Waals surface area contributed by atoms with Crippen LogP contribution >= 0.6 is 0 Å².